The van der Waals surface area contributed by atoms with Crippen molar-refractivity contribution in [2.75, 3.05) is 13.2 Å². The second-order valence-electron chi connectivity index (χ2n) is 4.21. The lowest BCUT2D eigenvalue weighted by atomic mass is 10.2. The number of halogens is 2. The molecule has 2 aromatic carbocycles. The molecule has 3 nitrogen and oxygen atoms in total. The zero-order valence-electron chi connectivity index (χ0n) is 11.2. The van der Waals surface area contributed by atoms with Crippen molar-refractivity contribution in [2.45, 2.75) is 6.42 Å². The van der Waals surface area contributed by atoms with E-state index in [1.807, 2.05) is 0 Å². The van der Waals surface area contributed by atoms with Gasteiger partial charge in [0.05, 0.1) is 23.8 Å². The van der Waals surface area contributed by atoms with Crippen LogP contribution in [0.4, 0.5) is 4.39 Å². The SMILES string of the molecule is N#Cc1ccccc1OCCCOc1c(F)cccc1Cl. The van der Waals surface area contributed by atoms with Crippen LogP contribution in [-0.4, -0.2) is 13.2 Å². The number of ether oxygens (including phenoxy) is 2. The maximum absolute atomic E-state index is 13.4. The van der Waals surface area contributed by atoms with Crippen LogP contribution in [0.2, 0.25) is 5.02 Å². The third kappa shape index (κ3) is 4.11. The molecule has 0 aliphatic heterocycles. The van der Waals surface area contributed by atoms with Gasteiger partial charge < -0.3 is 9.47 Å². The molecule has 0 saturated carbocycles. The fourth-order valence-corrected chi connectivity index (χ4v) is 1.94. The number of para-hydroxylation sites is 2. The molecule has 0 aliphatic rings. The topological polar surface area (TPSA) is 42.2 Å². The number of nitrogens with zero attached hydrogens (tertiary/aromatic N) is 1. The first-order valence-corrected chi connectivity index (χ1v) is 6.79. The van der Waals surface area contributed by atoms with Crippen molar-refractivity contribution >= 4 is 11.6 Å². The standard InChI is InChI=1S/C16H13ClFNO2/c17-13-6-3-7-14(18)16(13)21-10-4-9-20-15-8-2-1-5-12(15)11-19/h1-3,5-8H,4,9-10H2. The molecule has 108 valence electrons. The zero-order chi connectivity index (χ0) is 15.1. The first-order chi connectivity index (χ1) is 10.2. The Labute approximate surface area is 127 Å². The average Bonchev–Trinajstić information content (AvgIpc) is 2.50. The Hall–Kier alpha value is -2.25. The molecular formula is C16H13ClFNO2. The largest absolute Gasteiger partial charge is 0.492 e. The molecule has 0 saturated heterocycles. The molecule has 0 N–H and O–H groups in total. The number of hydrogen-bond donors (Lipinski definition) is 0. The lowest BCUT2D eigenvalue weighted by Gasteiger charge is -2.10. The Morgan fingerprint density at radius 1 is 1.05 bits per heavy atom. The zero-order valence-corrected chi connectivity index (χ0v) is 11.9. The van der Waals surface area contributed by atoms with Gasteiger partial charge in [-0.25, -0.2) is 4.39 Å². The maximum Gasteiger partial charge on any atom is 0.173 e. The van der Waals surface area contributed by atoms with E-state index >= 15 is 0 Å². The van der Waals surface area contributed by atoms with E-state index in [1.165, 1.54) is 12.1 Å². The van der Waals surface area contributed by atoms with Crippen molar-refractivity contribution in [1.29, 1.82) is 5.26 Å². The number of nitriles is 1. The second-order valence-corrected chi connectivity index (χ2v) is 4.62. The molecule has 0 radical (unpaired) electrons. The van der Waals surface area contributed by atoms with E-state index in [1.54, 1.807) is 30.3 Å². The van der Waals surface area contributed by atoms with Gasteiger partial charge in [0.1, 0.15) is 11.8 Å². The number of benzene rings is 2. The van der Waals surface area contributed by atoms with Crippen LogP contribution in [0.1, 0.15) is 12.0 Å². The minimum atomic E-state index is -0.488. The normalized spacial score (nSPS) is 9.95. The summed E-state index contributed by atoms with van der Waals surface area (Å²) >= 11 is 5.85. The molecule has 0 heterocycles. The van der Waals surface area contributed by atoms with Gasteiger partial charge in [-0.3, -0.25) is 0 Å². The van der Waals surface area contributed by atoms with Crippen molar-refractivity contribution in [3.05, 3.63) is 58.9 Å². The van der Waals surface area contributed by atoms with Gasteiger partial charge in [-0.2, -0.15) is 5.26 Å². The van der Waals surface area contributed by atoms with Gasteiger partial charge in [-0.1, -0.05) is 29.8 Å². The Balaban J connectivity index is 1.79. The van der Waals surface area contributed by atoms with Gasteiger partial charge >= 0.3 is 0 Å². The highest BCUT2D eigenvalue weighted by Crippen LogP contribution is 2.27. The summed E-state index contributed by atoms with van der Waals surface area (Å²) < 4.78 is 24.3. The van der Waals surface area contributed by atoms with Crippen molar-refractivity contribution in [2.24, 2.45) is 0 Å². The highest BCUT2D eigenvalue weighted by atomic mass is 35.5. The highest BCUT2D eigenvalue weighted by molar-refractivity contribution is 6.32. The van der Waals surface area contributed by atoms with E-state index in [-0.39, 0.29) is 17.4 Å². The molecule has 0 spiro atoms. The van der Waals surface area contributed by atoms with Gasteiger partial charge in [0.15, 0.2) is 11.6 Å². The van der Waals surface area contributed by atoms with Crippen LogP contribution in [0.5, 0.6) is 11.5 Å². The molecule has 0 aliphatic carbocycles. The quantitative estimate of drug-likeness (QED) is 0.751. The predicted molar refractivity (Wildman–Crippen MR) is 78.2 cm³/mol. The first-order valence-electron chi connectivity index (χ1n) is 6.41. The van der Waals surface area contributed by atoms with E-state index in [0.717, 1.165) is 0 Å². The van der Waals surface area contributed by atoms with Crippen LogP contribution >= 0.6 is 11.6 Å². The highest BCUT2D eigenvalue weighted by Gasteiger charge is 2.07. The molecule has 0 bridgehead atoms. The van der Waals surface area contributed by atoms with E-state index in [9.17, 15) is 4.39 Å². The Kier molecular flexibility index (Phi) is 5.42. The molecule has 0 unspecified atom stereocenters. The third-order valence-corrected chi connectivity index (χ3v) is 3.02. The van der Waals surface area contributed by atoms with Gasteiger partial charge in [0.25, 0.3) is 0 Å². The van der Waals surface area contributed by atoms with Crippen LogP contribution < -0.4 is 9.47 Å². The van der Waals surface area contributed by atoms with Crippen LogP contribution in [-0.2, 0) is 0 Å². The van der Waals surface area contributed by atoms with E-state index in [4.69, 9.17) is 26.3 Å². The lowest BCUT2D eigenvalue weighted by molar-refractivity contribution is 0.241. The average molecular weight is 306 g/mol. The summed E-state index contributed by atoms with van der Waals surface area (Å²) in [6.45, 7) is 0.639. The van der Waals surface area contributed by atoms with Gasteiger partial charge in [0.2, 0.25) is 0 Å². The number of rotatable bonds is 6. The second kappa shape index (κ2) is 7.51. The Bertz CT molecular complexity index is 635. The molecule has 2 aromatic rings. The van der Waals surface area contributed by atoms with Crippen molar-refractivity contribution in [1.82, 2.24) is 0 Å². The maximum atomic E-state index is 13.4. The molecular weight excluding hydrogens is 293 g/mol. The summed E-state index contributed by atoms with van der Waals surface area (Å²) in [5, 5.41) is 9.16. The molecule has 0 aromatic heterocycles. The van der Waals surface area contributed by atoms with Gasteiger partial charge in [-0.05, 0) is 24.3 Å². The third-order valence-electron chi connectivity index (χ3n) is 2.72. The molecule has 0 atom stereocenters. The Morgan fingerprint density at radius 2 is 1.81 bits per heavy atom. The van der Waals surface area contributed by atoms with E-state index in [0.29, 0.717) is 24.3 Å². The fourth-order valence-electron chi connectivity index (χ4n) is 1.72. The van der Waals surface area contributed by atoms with Crippen molar-refractivity contribution in [3.63, 3.8) is 0 Å². The van der Waals surface area contributed by atoms with Crippen LogP contribution in [0.25, 0.3) is 0 Å². The van der Waals surface area contributed by atoms with E-state index < -0.39 is 5.82 Å². The summed E-state index contributed by atoms with van der Waals surface area (Å²) in [5.74, 6) is 0.0961. The molecule has 21 heavy (non-hydrogen) atoms. The fraction of sp³-hybridized carbons (Fsp3) is 0.188. The summed E-state index contributed by atoms with van der Waals surface area (Å²) in [5.41, 5.74) is 0.482. The monoisotopic (exact) mass is 305 g/mol. The van der Waals surface area contributed by atoms with Gasteiger partial charge in [0, 0.05) is 6.42 Å². The number of hydrogen-bond acceptors (Lipinski definition) is 3. The molecule has 0 fully saturated rings. The first kappa shape index (κ1) is 15.1. The van der Waals surface area contributed by atoms with Crippen LogP contribution in [0, 0.1) is 17.1 Å². The molecule has 2 rings (SSSR count). The van der Waals surface area contributed by atoms with E-state index in [2.05, 4.69) is 6.07 Å². The van der Waals surface area contributed by atoms with Crippen LogP contribution in [0.15, 0.2) is 42.5 Å². The summed E-state index contributed by atoms with van der Waals surface area (Å²) in [7, 11) is 0. The minimum Gasteiger partial charge on any atom is -0.492 e. The molecule has 0 amide bonds. The predicted octanol–water partition coefficient (Wildman–Crippen LogP) is 4.20. The molecule has 5 heteroatoms. The van der Waals surface area contributed by atoms with Crippen molar-refractivity contribution < 1.29 is 13.9 Å². The Morgan fingerprint density at radius 3 is 2.57 bits per heavy atom. The van der Waals surface area contributed by atoms with Gasteiger partial charge in [-0.15, -0.1) is 0 Å². The summed E-state index contributed by atoms with van der Waals surface area (Å²) in [4.78, 5) is 0. The summed E-state index contributed by atoms with van der Waals surface area (Å²) in [6, 6.07) is 13.4. The lowest BCUT2D eigenvalue weighted by Crippen LogP contribution is -2.06. The smallest absolute Gasteiger partial charge is 0.173 e. The minimum absolute atomic E-state index is 0.0524. The summed E-state index contributed by atoms with van der Waals surface area (Å²) in [6.07, 6.45) is 0.546. The van der Waals surface area contributed by atoms with Crippen LogP contribution in [0.3, 0.4) is 0 Å². The van der Waals surface area contributed by atoms with Crippen molar-refractivity contribution in [3.8, 4) is 17.6 Å².